The molecule has 0 aliphatic rings. The molecule has 190 valence electrons. The number of nitrogens with one attached hydrogen (secondary N) is 3. The zero-order valence-electron chi connectivity index (χ0n) is 20.6. The Morgan fingerprint density at radius 1 is 0.919 bits per heavy atom. The summed E-state index contributed by atoms with van der Waals surface area (Å²) in [5, 5.41) is 3.63. The van der Waals surface area contributed by atoms with Gasteiger partial charge in [-0.2, -0.15) is 0 Å². The number of para-hydroxylation sites is 1. The van der Waals surface area contributed by atoms with Gasteiger partial charge in [0.1, 0.15) is 18.2 Å². The fraction of sp³-hybridized carbons (Fsp3) is 0.269. The van der Waals surface area contributed by atoms with Gasteiger partial charge in [-0.15, -0.1) is 0 Å². The summed E-state index contributed by atoms with van der Waals surface area (Å²) in [5.41, 5.74) is 0.941. The third-order valence-corrected chi connectivity index (χ3v) is 6.11. The molecule has 0 aliphatic carbocycles. The van der Waals surface area contributed by atoms with E-state index in [9.17, 15) is 14.4 Å². The maximum absolute atomic E-state index is 12.6. The van der Waals surface area contributed by atoms with E-state index in [1.807, 2.05) is 19.9 Å². The molecule has 37 heavy (non-hydrogen) atoms. The summed E-state index contributed by atoms with van der Waals surface area (Å²) in [4.78, 5) is 51.4. The number of unbranched alkanes of at least 4 members (excludes halogenated alkanes) is 1. The highest BCUT2D eigenvalue weighted by molar-refractivity contribution is 5.78. The van der Waals surface area contributed by atoms with E-state index in [4.69, 9.17) is 4.74 Å². The first-order chi connectivity index (χ1) is 18.0. The lowest BCUT2D eigenvalue weighted by Gasteiger charge is -2.10. The number of aromatic nitrogens is 6. The van der Waals surface area contributed by atoms with E-state index in [0.717, 1.165) is 18.5 Å². The van der Waals surface area contributed by atoms with Crippen LogP contribution in [0.25, 0.3) is 22.1 Å². The van der Waals surface area contributed by atoms with Crippen LogP contribution in [-0.2, 0) is 19.7 Å². The number of rotatable bonds is 9. The first-order valence-corrected chi connectivity index (χ1v) is 12.2. The Bertz CT molecular complexity index is 1750. The molecule has 0 unspecified atom stereocenters. The van der Waals surface area contributed by atoms with Gasteiger partial charge < -0.3 is 14.6 Å². The molecule has 0 amide bonds. The second kappa shape index (κ2) is 10.1. The molecule has 3 N–H and O–H groups in total. The van der Waals surface area contributed by atoms with E-state index < -0.39 is 11.2 Å². The van der Waals surface area contributed by atoms with Gasteiger partial charge in [-0.25, -0.2) is 14.8 Å². The average molecular weight is 502 g/mol. The van der Waals surface area contributed by atoms with Gasteiger partial charge in [-0.3, -0.25) is 24.1 Å². The van der Waals surface area contributed by atoms with E-state index in [2.05, 4.69) is 25.3 Å². The normalized spacial score (nSPS) is 11.3. The largest absolute Gasteiger partial charge is 0.486 e. The summed E-state index contributed by atoms with van der Waals surface area (Å²) in [6.07, 6.45) is 1.71. The predicted octanol–water partition coefficient (Wildman–Crippen LogP) is 3.27. The topological polar surface area (TPSA) is 140 Å². The Morgan fingerprint density at radius 2 is 1.70 bits per heavy atom. The zero-order chi connectivity index (χ0) is 25.9. The van der Waals surface area contributed by atoms with E-state index in [1.54, 1.807) is 47.0 Å². The average Bonchev–Trinajstić information content (AvgIpc) is 3.27. The lowest BCUT2D eigenvalue weighted by atomic mass is 10.2. The number of fused-ring (bicyclic) bond motifs is 2. The summed E-state index contributed by atoms with van der Waals surface area (Å²) >= 11 is 0. The van der Waals surface area contributed by atoms with Crippen molar-refractivity contribution in [1.82, 2.24) is 29.1 Å². The second-order valence-corrected chi connectivity index (χ2v) is 8.58. The standard InChI is InChI=1S/C26H27N7O4/c1-3-5-14-33-22-21(24(35)31-26(33)36)32(4-2)20(29-22)15-37-17-12-10-16(11-13-17)27-25-28-19-9-7-6-8-18(19)23(34)30-25/h6-13H,3-5,14-15H2,1-2H3,(H,31,35,36)(H2,27,28,30,34). The smallest absolute Gasteiger partial charge is 0.330 e. The van der Waals surface area contributed by atoms with Crippen LogP contribution in [0, 0.1) is 0 Å². The fourth-order valence-corrected chi connectivity index (χ4v) is 4.26. The molecule has 0 radical (unpaired) electrons. The molecule has 5 rings (SSSR count). The van der Waals surface area contributed by atoms with Crippen LogP contribution in [0.5, 0.6) is 5.75 Å². The molecular formula is C26H27N7O4. The number of anilines is 2. The number of aromatic amines is 2. The number of aryl methyl sites for hydroxylation is 2. The van der Waals surface area contributed by atoms with Crippen molar-refractivity contribution < 1.29 is 4.74 Å². The van der Waals surface area contributed by atoms with Crippen LogP contribution < -0.4 is 26.9 Å². The van der Waals surface area contributed by atoms with Crippen LogP contribution in [-0.4, -0.2) is 29.1 Å². The molecule has 0 atom stereocenters. The van der Waals surface area contributed by atoms with Crippen LogP contribution >= 0.6 is 0 Å². The van der Waals surface area contributed by atoms with Crippen molar-refractivity contribution in [2.45, 2.75) is 46.4 Å². The van der Waals surface area contributed by atoms with Crippen LogP contribution in [0.4, 0.5) is 11.6 Å². The molecule has 5 aromatic rings. The van der Waals surface area contributed by atoms with E-state index >= 15 is 0 Å². The number of hydrogen-bond acceptors (Lipinski definition) is 7. The van der Waals surface area contributed by atoms with Gasteiger partial charge in [0.2, 0.25) is 5.95 Å². The Kier molecular flexibility index (Phi) is 6.59. The van der Waals surface area contributed by atoms with Gasteiger partial charge in [0.05, 0.1) is 10.9 Å². The molecule has 0 saturated heterocycles. The summed E-state index contributed by atoms with van der Waals surface area (Å²) in [5.74, 6) is 1.49. The van der Waals surface area contributed by atoms with Crippen molar-refractivity contribution in [2.75, 3.05) is 5.32 Å². The zero-order valence-corrected chi connectivity index (χ0v) is 20.6. The van der Waals surface area contributed by atoms with E-state index in [-0.39, 0.29) is 12.2 Å². The number of hydrogen-bond donors (Lipinski definition) is 3. The van der Waals surface area contributed by atoms with E-state index in [1.165, 1.54) is 4.57 Å². The minimum absolute atomic E-state index is 0.121. The molecule has 0 spiro atoms. The Morgan fingerprint density at radius 3 is 2.46 bits per heavy atom. The lowest BCUT2D eigenvalue weighted by molar-refractivity contribution is 0.290. The van der Waals surface area contributed by atoms with Crippen LogP contribution in [0.2, 0.25) is 0 Å². The van der Waals surface area contributed by atoms with Gasteiger partial charge in [0.25, 0.3) is 11.1 Å². The van der Waals surface area contributed by atoms with Crippen LogP contribution in [0.3, 0.4) is 0 Å². The Labute approximate surface area is 210 Å². The Hall–Kier alpha value is -4.67. The van der Waals surface area contributed by atoms with Crippen molar-refractivity contribution in [3.8, 4) is 5.75 Å². The fourth-order valence-electron chi connectivity index (χ4n) is 4.26. The molecule has 0 aliphatic heterocycles. The van der Waals surface area contributed by atoms with Crippen LogP contribution in [0.15, 0.2) is 62.9 Å². The van der Waals surface area contributed by atoms with Crippen LogP contribution in [0.1, 0.15) is 32.5 Å². The molecule has 11 heteroatoms. The van der Waals surface area contributed by atoms with E-state index in [0.29, 0.717) is 52.7 Å². The number of ether oxygens (including phenoxy) is 1. The molecule has 11 nitrogen and oxygen atoms in total. The monoisotopic (exact) mass is 501 g/mol. The van der Waals surface area contributed by atoms with Crippen molar-refractivity contribution in [2.24, 2.45) is 0 Å². The second-order valence-electron chi connectivity index (χ2n) is 8.58. The number of benzene rings is 2. The maximum Gasteiger partial charge on any atom is 0.330 e. The van der Waals surface area contributed by atoms with Gasteiger partial charge in [-0.05, 0) is 49.7 Å². The molecule has 3 heterocycles. The lowest BCUT2D eigenvalue weighted by Crippen LogP contribution is -2.31. The predicted molar refractivity (Wildman–Crippen MR) is 142 cm³/mol. The summed E-state index contributed by atoms with van der Waals surface area (Å²) < 4.78 is 9.24. The highest BCUT2D eigenvalue weighted by Gasteiger charge is 2.18. The number of H-pyrrole nitrogens is 2. The quantitative estimate of drug-likeness (QED) is 0.282. The van der Waals surface area contributed by atoms with Crippen molar-refractivity contribution in [3.63, 3.8) is 0 Å². The molecule has 2 aromatic carbocycles. The molecule has 0 fully saturated rings. The SMILES string of the molecule is CCCCn1c(=O)[nH]c(=O)c2c1nc(COc1ccc(Nc3nc4ccccc4c(=O)[nH]3)cc1)n2CC. The molecule has 0 saturated carbocycles. The van der Waals surface area contributed by atoms with Crippen molar-refractivity contribution >= 4 is 33.7 Å². The van der Waals surface area contributed by atoms with Gasteiger partial charge >= 0.3 is 5.69 Å². The number of nitrogens with zero attached hydrogens (tertiary/aromatic N) is 4. The van der Waals surface area contributed by atoms with Gasteiger partial charge in [0, 0.05) is 18.8 Å². The summed E-state index contributed by atoms with van der Waals surface area (Å²) in [6, 6.07) is 14.3. The summed E-state index contributed by atoms with van der Waals surface area (Å²) in [6.45, 7) is 5.06. The molecule has 0 bridgehead atoms. The third-order valence-electron chi connectivity index (χ3n) is 6.11. The Balaban J connectivity index is 1.35. The van der Waals surface area contributed by atoms with Gasteiger partial charge in [0.15, 0.2) is 11.2 Å². The maximum atomic E-state index is 12.6. The van der Waals surface area contributed by atoms with Gasteiger partial charge in [-0.1, -0.05) is 25.5 Å². The minimum atomic E-state index is -0.455. The molecular weight excluding hydrogens is 474 g/mol. The third kappa shape index (κ3) is 4.75. The first-order valence-electron chi connectivity index (χ1n) is 12.2. The van der Waals surface area contributed by atoms with Crippen molar-refractivity contribution in [1.29, 1.82) is 0 Å². The first kappa shape index (κ1) is 24.0. The minimum Gasteiger partial charge on any atom is -0.486 e. The highest BCUT2D eigenvalue weighted by atomic mass is 16.5. The van der Waals surface area contributed by atoms with Crippen molar-refractivity contribution in [3.05, 3.63) is 85.5 Å². The highest BCUT2D eigenvalue weighted by Crippen LogP contribution is 2.20. The molecule has 3 aromatic heterocycles. The number of imidazole rings is 1. The summed E-state index contributed by atoms with van der Waals surface area (Å²) in [7, 11) is 0.